The zero-order chi connectivity index (χ0) is 12.3. The standard InChI is InChI=1S/C14H25NO2/c1-2-10-5-4-8-13(10)15-12-7-3-6-11(9-12)14(16)17/h10-13,15H,2-9H2,1H3,(H,16,17). The third kappa shape index (κ3) is 3.21. The van der Waals surface area contributed by atoms with E-state index in [0.29, 0.717) is 12.1 Å². The summed E-state index contributed by atoms with van der Waals surface area (Å²) in [6, 6.07) is 1.10. The van der Waals surface area contributed by atoms with Crippen molar-refractivity contribution in [3.63, 3.8) is 0 Å². The van der Waals surface area contributed by atoms with E-state index in [1.807, 2.05) is 0 Å². The van der Waals surface area contributed by atoms with Crippen LogP contribution >= 0.6 is 0 Å². The van der Waals surface area contributed by atoms with E-state index in [1.165, 1.54) is 25.7 Å². The van der Waals surface area contributed by atoms with Crippen molar-refractivity contribution in [2.24, 2.45) is 11.8 Å². The largest absolute Gasteiger partial charge is 0.481 e. The summed E-state index contributed by atoms with van der Waals surface area (Å²) in [5.41, 5.74) is 0. The molecule has 3 nitrogen and oxygen atoms in total. The molecule has 0 aliphatic heterocycles. The molecule has 17 heavy (non-hydrogen) atoms. The molecule has 0 aromatic heterocycles. The molecule has 2 rings (SSSR count). The first kappa shape index (κ1) is 12.9. The summed E-state index contributed by atoms with van der Waals surface area (Å²) in [6.45, 7) is 2.27. The Morgan fingerprint density at radius 3 is 2.71 bits per heavy atom. The maximum absolute atomic E-state index is 11.0. The van der Waals surface area contributed by atoms with Gasteiger partial charge in [-0.25, -0.2) is 0 Å². The highest BCUT2D eigenvalue weighted by atomic mass is 16.4. The molecule has 2 N–H and O–H groups in total. The van der Waals surface area contributed by atoms with Crippen LogP contribution in [0.1, 0.15) is 58.3 Å². The highest BCUT2D eigenvalue weighted by Crippen LogP contribution is 2.31. The lowest BCUT2D eigenvalue weighted by Gasteiger charge is -2.32. The lowest BCUT2D eigenvalue weighted by Crippen LogP contribution is -2.43. The van der Waals surface area contributed by atoms with Crippen molar-refractivity contribution < 1.29 is 9.90 Å². The second kappa shape index (κ2) is 5.85. The number of carbonyl (C=O) groups is 1. The molecular formula is C14H25NO2. The minimum Gasteiger partial charge on any atom is -0.481 e. The van der Waals surface area contributed by atoms with Crippen LogP contribution in [-0.2, 0) is 4.79 Å². The van der Waals surface area contributed by atoms with Gasteiger partial charge in [-0.05, 0) is 38.0 Å². The Balaban J connectivity index is 1.84. The van der Waals surface area contributed by atoms with Crippen molar-refractivity contribution in [1.82, 2.24) is 5.32 Å². The smallest absolute Gasteiger partial charge is 0.306 e. The van der Waals surface area contributed by atoms with Gasteiger partial charge in [0.1, 0.15) is 0 Å². The van der Waals surface area contributed by atoms with Gasteiger partial charge in [-0.15, -0.1) is 0 Å². The summed E-state index contributed by atoms with van der Waals surface area (Å²) < 4.78 is 0. The van der Waals surface area contributed by atoms with Gasteiger partial charge in [0.15, 0.2) is 0 Å². The molecule has 98 valence electrons. The lowest BCUT2D eigenvalue weighted by molar-refractivity contribution is -0.143. The van der Waals surface area contributed by atoms with Gasteiger partial charge in [-0.2, -0.15) is 0 Å². The molecule has 0 saturated heterocycles. The number of hydrogen-bond donors (Lipinski definition) is 2. The molecule has 4 unspecified atom stereocenters. The minimum atomic E-state index is -0.602. The molecule has 0 radical (unpaired) electrons. The normalized spacial score (nSPS) is 38.2. The van der Waals surface area contributed by atoms with Gasteiger partial charge in [0, 0.05) is 12.1 Å². The average Bonchev–Trinajstić information content (AvgIpc) is 2.76. The summed E-state index contributed by atoms with van der Waals surface area (Å²) in [7, 11) is 0. The van der Waals surface area contributed by atoms with Crippen LogP contribution in [0.5, 0.6) is 0 Å². The van der Waals surface area contributed by atoms with Crippen molar-refractivity contribution in [2.75, 3.05) is 0 Å². The highest BCUT2D eigenvalue weighted by molar-refractivity contribution is 5.70. The second-order valence-electron chi connectivity index (χ2n) is 5.77. The quantitative estimate of drug-likeness (QED) is 0.793. The summed E-state index contributed by atoms with van der Waals surface area (Å²) >= 11 is 0. The van der Waals surface area contributed by atoms with Gasteiger partial charge in [0.2, 0.25) is 0 Å². The number of carboxylic acids is 1. The minimum absolute atomic E-state index is 0.109. The number of nitrogens with one attached hydrogen (secondary N) is 1. The van der Waals surface area contributed by atoms with Crippen molar-refractivity contribution in [2.45, 2.75) is 70.4 Å². The molecule has 0 aromatic carbocycles. The number of aliphatic carboxylic acids is 1. The molecule has 2 aliphatic carbocycles. The fraction of sp³-hybridized carbons (Fsp3) is 0.929. The van der Waals surface area contributed by atoms with Gasteiger partial charge in [-0.3, -0.25) is 4.79 Å². The predicted octanol–water partition coefficient (Wildman–Crippen LogP) is 2.80. The van der Waals surface area contributed by atoms with Crippen LogP contribution in [0.3, 0.4) is 0 Å². The summed E-state index contributed by atoms with van der Waals surface area (Å²) in [4.78, 5) is 11.0. The van der Waals surface area contributed by atoms with E-state index in [0.717, 1.165) is 31.6 Å². The molecule has 2 fully saturated rings. The summed E-state index contributed by atoms with van der Waals surface area (Å²) in [5.74, 6) is 0.109. The Bertz CT molecular complexity index is 267. The van der Waals surface area contributed by atoms with Crippen LogP contribution in [-0.4, -0.2) is 23.2 Å². The van der Waals surface area contributed by atoms with Gasteiger partial charge in [0.05, 0.1) is 5.92 Å². The molecule has 2 saturated carbocycles. The third-order valence-electron chi connectivity index (χ3n) is 4.66. The van der Waals surface area contributed by atoms with E-state index in [4.69, 9.17) is 5.11 Å². The number of carboxylic acid groups (broad SMARTS) is 1. The van der Waals surface area contributed by atoms with Crippen LogP contribution < -0.4 is 5.32 Å². The SMILES string of the molecule is CCC1CCCC1NC1CCCC(C(=O)O)C1. The number of hydrogen-bond acceptors (Lipinski definition) is 2. The monoisotopic (exact) mass is 239 g/mol. The van der Waals surface area contributed by atoms with E-state index in [-0.39, 0.29) is 5.92 Å². The maximum atomic E-state index is 11.0. The Hall–Kier alpha value is -0.570. The fourth-order valence-electron chi connectivity index (χ4n) is 3.61. The molecule has 2 aliphatic rings. The summed E-state index contributed by atoms with van der Waals surface area (Å²) in [5, 5.41) is 12.8. The molecular weight excluding hydrogens is 214 g/mol. The van der Waals surface area contributed by atoms with E-state index in [2.05, 4.69) is 12.2 Å². The van der Waals surface area contributed by atoms with Gasteiger partial charge in [-0.1, -0.05) is 26.2 Å². The van der Waals surface area contributed by atoms with Crippen LogP contribution in [0.25, 0.3) is 0 Å². The highest BCUT2D eigenvalue weighted by Gasteiger charge is 2.31. The third-order valence-corrected chi connectivity index (χ3v) is 4.66. The molecule has 0 heterocycles. The van der Waals surface area contributed by atoms with E-state index < -0.39 is 5.97 Å². The Morgan fingerprint density at radius 2 is 2.00 bits per heavy atom. The molecule has 3 heteroatoms. The molecule has 0 amide bonds. The first-order chi connectivity index (χ1) is 8.20. The molecule has 0 aromatic rings. The predicted molar refractivity (Wildman–Crippen MR) is 67.9 cm³/mol. The zero-order valence-electron chi connectivity index (χ0n) is 10.8. The maximum Gasteiger partial charge on any atom is 0.306 e. The molecule has 0 bridgehead atoms. The molecule has 4 atom stereocenters. The van der Waals surface area contributed by atoms with Gasteiger partial charge >= 0.3 is 5.97 Å². The first-order valence-corrected chi connectivity index (χ1v) is 7.19. The van der Waals surface area contributed by atoms with Gasteiger partial charge in [0.25, 0.3) is 0 Å². The number of rotatable bonds is 4. The Labute approximate surface area is 104 Å². The Morgan fingerprint density at radius 1 is 1.24 bits per heavy atom. The van der Waals surface area contributed by atoms with Crippen molar-refractivity contribution in [3.05, 3.63) is 0 Å². The zero-order valence-corrected chi connectivity index (χ0v) is 10.8. The van der Waals surface area contributed by atoms with Crippen molar-refractivity contribution in [3.8, 4) is 0 Å². The van der Waals surface area contributed by atoms with Crippen LogP contribution in [0.15, 0.2) is 0 Å². The fourth-order valence-corrected chi connectivity index (χ4v) is 3.61. The van der Waals surface area contributed by atoms with Crippen LogP contribution in [0, 0.1) is 11.8 Å². The topological polar surface area (TPSA) is 49.3 Å². The van der Waals surface area contributed by atoms with E-state index >= 15 is 0 Å². The van der Waals surface area contributed by atoms with Crippen LogP contribution in [0.2, 0.25) is 0 Å². The van der Waals surface area contributed by atoms with Crippen LogP contribution in [0.4, 0.5) is 0 Å². The summed E-state index contributed by atoms with van der Waals surface area (Å²) in [6.07, 6.45) is 9.17. The van der Waals surface area contributed by atoms with E-state index in [1.54, 1.807) is 0 Å². The Kier molecular flexibility index (Phi) is 4.43. The van der Waals surface area contributed by atoms with Crippen molar-refractivity contribution >= 4 is 5.97 Å². The van der Waals surface area contributed by atoms with Crippen molar-refractivity contribution in [1.29, 1.82) is 0 Å². The van der Waals surface area contributed by atoms with E-state index in [9.17, 15) is 4.79 Å². The first-order valence-electron chi connectivity index (χ1n) is 7.19. The lowest BCUT2D eigenvalue weighted by atomic mass is 9.85. The second-order valence-corrected chi connectivity index (χ2v) is 5.77. The van der Waals surface area contributed by atoms with Gasteiger partial charge < -0.3 is 10.4 Å². The molecule has 0 spiro atoms. The average molecular weight is 239 g/mol.